The van der Waals surface area contributed by atoms with Crippen molar-refractivity contribution < 1.29 is 0 Å². The van der Waals surface area contributed by atoms with Crippen LogP contribution in [0.2, 0.25) is 0 Å². The van der Waals surface area contributed by atoms with Crippen molar-refractivity contribution in [1.29, 1.82) is 0 Å². The summed E-state index contributed by atoms with van der Waals surface area (Å²) in [5, 5.41) is 0. The molecule has 18 heavy (non-hydrogen) atoms. The largest absolute Gasteiger partial charge is 0.374 e. The molecule has 1 aromatic rings. The van der Waals surface area contributed by atoms with Crippen LogP contribution in [0.1, 0.15) is 38.8 Å². The normalized spacial score (nSPS) is 13.5. The maximum Gasteiger partial charge on any atom is 0.0393 e. The molecule has 2 heteroatoms. The van der Waals surface area contributed by atoms with Crippen LogP contribution in [0.15, 0.2) is 18.2 Å². The Hall–Kier alpha value is -1.02. The highest BCUT2D eigenvalue weighted by molar-refractivity contribution is 5.54. The monoisotopic (exact) mass is 248 g/mol. The fraction of sp³-hybridized carbons (Fsp3) is 0.625. The lowest BCUT2D eigenvalue weighted by Gasteiger charge is -2.26. The van der Waals surface area contributed by atoms with Gasteiger partial charge in [0.1, 0.15) is 0 Å². The average molecular weight is 248 g/mol. The fourth-order valence-corrected chi connectivity index (χ4v) is 2.19. The molecule has 1 atom stereocenters. The van der Waals surface area contributed by atoms with Gasteiger partial charge in [-0.3, -0.25) is 0 Å². The van der Waals surface area contributed by atoms with Crippen LogP contribution < -0.4 is 10.6 Å². The summed E-state index contributed by atoms with van der Waals surface area (Å²) in [6.45, 7) is 12.9. The molecule has 0 aliphatic rings. The molecule has 0 fully saturated rings. The Labute approximate surface area is 112 Å². The van der Waals surface area contributed by atoms with E-state index < -0.39 is 0 Å². The van der Waals surface area contributed by atoms with Gasteiger partial charge < -0.3 is 10.6 Å². The van der Waals surface area contributed by atoms with Crippen molar-refractivity contribution in [3.63, 3.8) is 0 Å². The first-order chi connectivity index (χ1) is 8.25. The van der Waals surface area contributed by atoms with Gasteiger partial charge in [0.05, 0.1) is 0 Å². The highest BCUT2D eigenvalue weighted by atomic mass is 15.1. The van der Waals surface area contributed by atoms with Crippen molar-refractivity contribution in [3.8, 4) is 0 Å². The zero-order valence-electron chi connectivity index (χ0n) is 12.7. The van der Waals surface area contributed by atoms with Crippen molar-refractivity contribution in [2.24, 2.45) is 11.7 Å². The summed E-state index contributed by atoms with van der Waals surface area (Å²) in [6.07, 6.45) is 0. The molecular weight excluding hydrogens is 220 g/mol. The third-order valence-electron chi connectivity index (χ3n) is 3.46. The van der Waals surface area contributed by atoms with Crippen LogP contribution in [0.5, 0.6) is 0 Å². The van der Waals surface area contributed by atoms with Crippen LogP contribution in [-0.2, 0) is 5.41 Å². The summed E-state index contributed by atoms with van der Waals surface area (Å²) in [5.41, 5.74) is 9.95. The standard InChI is InChI=1S/C16H28N2/c1-12(10-17)11-18(6)15-8-7-14(9-13(15)2)16(3,4)5/h7-9,12H,10-11,17H2,1-6H3. The fourth-order valence-electron chi connectivity index (χ4n) is 2.19. The SMILES string of the molecule is Cc1cc(C(C)(C)C)ccc1N(C)CC(C)CN. The Kier molecular flexibility index (Phi) is 4.80. The van der Waals surface area contributed by atoms with E-state index in [-0.39, 0.29) is 5.41 Å². The van der Waals surface area contributed by atoms with Crippen LogP contribution in [0.4, 0.5) is 5.69 Å². The van der Waals surface area contributed by atoms with Crippen molar-refractivity contribution in [1.82, 2.24) is 0 Å². The Morgan fingerprint density at radius 1 is 1.28 bits per heavy atom. The number of anilines is 1. The first-order valence-electron chi connectivity index (χ1n) is 6.78. The predicted molar refractivity (Wildman–Crippen MR) is 81.4 cm³/mol. The molecule has 0 aromatic heterocycles. The zero-order valence-corrected chi connectivity index (χ0v) is 12.7. The second-order valence-corrected chi connectivity index (χ2v) is 6.47. The van der Waals surface area contributed by atoms with E-state index in [1.165, 1.54) is 16.8 Å². The zero-order chi connectivity index (χ0) is 13.9. The van der Waals surface area contributed by atoms with E-state index in [1.807, 2.05) is 0 Å². The summed E-state index contributed by atoms with van der Waals surface area (Å²) in [4.78, 5) is 2.30. The van der Waals surface area contributed by atoms with Crippen molar-refractivity contribution >= 4 is 5.69 Å². The molecule has 1 unspecified atom stereocenters. The third kappa shape index (κ3) is 3.74. The van der Waals surface area contributed by atoms with Gasteiger partial charge in [-0.2, -0.15) is 0 Å². The number of hydrogen-bond acceptors (Lipinski definition) is 2. The number of nitrogens with zero attached hydrogens (tertiary/aromatic N) is 1. The molecule has 0 heterocycles. The third-order valence-corrected chi connectivity index (χ3v) is 3.46. The van der Waals surface area contributed by atoms with E-state index in [9.17, 15) is 0 Å². The lowest BCUT2D eigenvalue weighted by Crippen LogP contribution is -2.28. The molecule has 0 aliphatic heterocycles. The summed E-state index contributed by atoms with van der Waals surface area (Å²) in [5.74, 6) is 0.525. The topological polar surface area (TPSA) is 29.3 Å². The Balaban J connectivity index is 2.92. The van der Waals surface area contributed by atoms with Gasteiger partial charge in [0.2, 0.25) is 0 Å². The summed E-state index contributed by atoms with van der Waals surface area (Å²) in [6, 6.07) is 6.78. The van der Waals surface area contributed by atoms with E-state index in [0.29, 0.717) is 5.92 Å². The molecule has 0 spiro atoms. The Bertz CT molecular complexity index is 391. The summed E-state index contributed by atoms with van der Waals surface area (Å²) >= 11 is 0. The van der Waals surface area contributed by atoms with Crippen LogP contribution in [0, 0.1) is 12.8 Å². The Morgan fingerprint density at radius 2 is 1.89 bits per heavy atom. The molecule has 0 radical (unpaired) electrons. The molecule has 2 N–H and O–H groups in total. The minimum absolute atomic E-state index is 0.215. The van der Waals surface area contributed by atoms with Crippen LogP contribution in [0.25, 0.3) is 0 Å². The van der Waals surface area contributed by atoms with E-state index >= 15 is 0 Å². The van der Waals surface area contributed by atoms with Crippen molar-refractivity contribution in [2.45, 2.75) is 40.0 Å². The van der Waals surface area contributed by atoms with Gasteiger partial charge >= 0.3 is 0 Å². The molecule has 0 bridgehead atoms. The van der Waals surface area contributed by atoms with Gasteiger partial charge in [0.25, 0.3) is 0 Å². The van der Waals surface area contributed by atoms with Gasteiger partial charge in [0, 0.05) is 19.3 Å². The molecule has 102 valence electrons. The van der Waals surface area contributed by atoms with Crippen LogP contribution >= 0.6 is 0 Å². The highest BCUT2D eigenvalue weighted by Crippen LogP contribution is 2.28. The van der Waals surface area contributed by atoms with Gasteiger partial charge in [-0.15, -0.1) is 0 Å². The quantitative estimate of drug-likeness (QED) is 0.885. The van der Waals surface area contributed by atoms with Gasteiger partial charge in [0.15, 0.2) is 0 Å². The van der Waals surface area contributed by atoms with Gasteiger partial charge in [-0.25, -0.2) is 0 Å². The Morgan fingerprint density at radius 3 is 2.33 bits per heavy atom. The molecule has 0 amide bonds. The lowest BCUT2D eigenvalue weighted by atomic mass is 9.86. The average Bonchev–Trinajstić information content (AvgIpc) is 2.27. The van der Waals surface area contributed by atoms with E-state index in [4.69, 9.17) is 5.73 Å². The maximum atomic E-state index is 5.69. The van der Waals surface area contributed by atoms with E-state index in [1.54, 1.807) is 0 Å². The van der Waals surface area contributed by atoms with Crippen LogP contribution in [-0.4, -0.2) is 20.1 Å². The molecular formula is C16H28N2. The van der Waals surface area contributed by atoms with Crippen molar-refractivity contribution in [3.05, 3.63) is 29.3 Å². The maximum absolute atomic E-state index is 5.69. The number of benzene rings is 1. The summed E-state index contributed by atoms with van der Waals surface area (Å²) < 4.78 is 0. The molecule has 0 saturated heterocycles. The minimum Gasteiger partial charge on any atom is -0.374 e. The second-order valence-electron chi connectivity index (χ2n) is 6.47. The first kappa shape index (κ1) is 15.0. The second kappa shape index (κ2) is 5.75. The molecule has 1 rings (SSSR count). The van der Waals surface area contributed by atoms with Gasteiger partial charge in [-0.05, 0) is 42.0 Å². The predicted octanol–water partition coefficient (Wildman–Crippen LogP) is 3.32. The van der Waals surface area contributed by atoms with E-state index in [0.717, 1.165) is 13.1 Å². The summed E-state index contributed by atoms with van der Waals surface area (Å²) in [7, 11) is 2.14. The smallest absolute Gasteiger partial charge is 0.0393 e. The number of aryl methyl sites for hydroxylation is 1. The van der Waals surface area contributed by atoms with E-state index in [2.05, 4.69) is 64.8 Å². The minimum atomic E-state index is 0.215. The number of rotatable bonds is 4. The molecule has 0 saturated carbocycles. The number of hydrogen-bond donors (Lipinski definition) is 1. The molecule has 2 nitrogen and oxygen atoms in total. The molecule has 1 aromatic carbocycles. The lowest BCUT2D eigenvalue weighted by molar-refractivity contribution is 0.584. The van der Waals surface area contributed by atoms with Crippen molar-refractivity contribution in [2.75, 3.05) is 25.0 Å². The number of nitrogens with two attached hydrogens (primary N) is 1. The molecule has 0 aliphatic carbocycles. The first-order valence-corrected chi connectivity index (χ1v) is 6.78. The van der Waals surface area contributed by atoms with Crippen LogP contribution in [0.3, 0.4) is 0 Å². The highest BCUT2D eigenvalue weighted by Gasteiger charge is 2.15. The van der Waals surface area contributed by atoms with Gasteiger partial charge in [-0.1, -0.05) is 39.8 Å².